The normalized spacial score (nSPS) is 10.8. The molecule has 2 N–H and O–H groups in total. The molecule has 136 valence electrons. The first-order valence-corrected chi connectivity index (χ1v) is 9.35. The minimum Gasteiger partial charge on any atom is -0.385 e. The van der Waals surface area contributed by atoms with E-state index in [1.54, 1.807) is 19.2 Å². The summed E-state index contributed by atoms with van der Waals surface area (Å²) in [5.74, 6) is -0.284. The Hall–Kier alpha value is -2.89. The van der Waals surface area contributed by atoms with Gasteiger partial charge in [-0.2, -0.15) is 5.26 Å². The van der Waals surface area contributed by atoms with Gasteiger partial charge in [-0.05, 0) is 42.8 Å². The molecule has 0 unspecified atom stereocenters. The van der Waals surface area contributed by atoms with E-state index in [-0.39, 0.29) is 22.1 Å². The molecule has 8 heteroatoms. The maximum Gasteiger partial charge on any atom is 0.261 e. The highest BCUT2D eigenvalue weighted by atomic mass is 32.2. The summed E-state index contributed by atoms with van der Waals surface area (Å²) in [6, 6.07) is 13.8. The number of nitrogens with one attached hydrogen (secondary N) is 2. The van der Waals surface area contributed by atoms with Gasteiger partial charge in [-0.1, -0.05) is 12.1 Å². The molecule has 0 saturated carbocycles. The fraction of sp³-hybridized carbons (Fsp3) is 0.222. The maximum atomic E-state index is 12.5. The molecule has 2 aromatic rings. The van der Waals surface area contributed by atoms with Crippen LogP contribution in [-0.2, 0) is 14.8 Å². The van der Waals surface area contributed by atoms with E-state index in [4.69, 9.17) is 10.00 Å². The van der Waals surface area contributed by atoms with Gasteiger partial charge in [0.05, 0.1) is 16.1 Å². The summed E-state index contributed by atoms with van der Waals surface area (Å²) in [5, 5.41) is 11.8. The third-order valence-corrected chi connectivity index (χ3v) is 4.91. The van der Waals surface area contributed by atoms with Crippen molar-refractivity contribution in [3.05, 3.63) is 59.7 Å². The number of nitrogens with zero attached hydrogens (tertiary/aromatic N) is 1. The number of para-hydroxylation sites is 1. The number of carbonyl (C=O) groups is 1. The second kappa shape index (κ2) is 8.99. The van der Waals surface area contributed by atoms with Gasteiger partial charge in [0.2, 0.25) is 0 Å². The smallest absolute Gasteiger partial charge is 0.261 e. The zero-order valence-electron chi connectivity index (χ0n) is 14.2. The van der Waals surface area contributed by atoms with Crippen LogP contribution >= 0.6 is 0 Å². The summed E-state index contributed by atoms with van der Waals surface area (Å²) in [5.41, 5.74) is 0.789. The predicted octanol–water partition coefficient (Wildman–Crippen LogP) is 2.13. The number of hydrogen-bond acceptors (Lipinski definition) is 5. The van der Waals surface area contributed by atoms with E-state index >= 15 is 0 Å². The number of ether oxygens (including phenoxy) is 1. The summed E-state index contributed by atoms with van der Waals surface area (Å²) < 4.78 is 32.2. The third-order valence-electron chi connectivity index (χ3n) is 3.53. The number of carbonyl (C=O) groups excluding carboxylic acids is 1. The van der Waals surface area contributed by atoms with Crippen LogP contribution in [0.5, 0.6) is 0 Å². The molecule has 26 heavy (non-hydrogen) atoms. The van der Waals surface area contributed by atoms with Gasteiger partial charge in [-0.3, -0.25) is 9.52 Å². The molecule has 0 saturated heterocycles. The molecule has 0 aromatic heterocycles. The zero-order valence-corrected chi connectivity index (χ0v) is 15.0. The molecular formula is C18H19N3O4S. The first-order chi connectivity index (χ1) is 12.5. The Balaban J connectivity index is 2.09. The number of nitriles is 1. The van der Waals surface area contributed by atoms with Crippen LogP contribution in [-0.4, -0.2) is 34.6 Å². The number of hydrogen-bond donors (Lipinski definition) is 2. The molecule has 0 spiro atoms. The first-order valence-electron chi connectivity index (χ1n) is 7.87. The number of rotatable bonds is 8. The molecule has 0 aliphatic carbocycles. The largest absolute Gasteiger partial charge is 0.385 e. The molecule has 0 atom stereocenters. The Morgan fingerprint density at radius 1 is 1.15 bits per heavy atom. The van der Waals surface area contributed by atoms with Crippen LogP contribution in [0.2, 0.25) is 0 Å². The summed E-state index contributed by atoms with van der Waals surface area (Å²) in [6.45, 7) is 1.02. The van der Waals surface area contributed by atoms with Crippen LogP contribution < -0.4 is 10.0 Å². The Morgan fingerprint density at radius 3 is 2.50 bits per heavy atom. The predicted molar refractivity (Wildman–Crippen MR) is 97.2 cm³/mol. The van der Waals surface area contributed by atoms with E-state index in [0.29, 0.717) is 25.1 Å². The van der Waals surface area contributed by atoms with Crippen LogP contribution in [0.4, 0.5) is 5.69 Å². The van der Waals surface area contributed by atoms with Crippen LogP contribution in [0.1, 0.15) is 22.3 Å². The lowest BCUT2D eigenvalue weighted by Gasteiger charge is -2.10. The molecule has 0 fully saturated rings. The van der Waals surface area contributed by atoms with Crippen molar-refractivity contribution in [1.82, 2.24) is 5.32 Å². The summed E-state index contributed by atoms with van der Waals surface area (Å²) in [4.78, 5) is 12.0. The van der Waals surface area contributed by atoms with Crippen molar-refractivity contribution in [1.29, 1.82) is 5.26 Å². The fourth-order valence-corrected chi connectivity index (χ4v) is 3.26. The number of amides is 1. The van der Waals surface area contributed by atoms with Crippen molar-refractivity contribution < 1.29 is 17.9 Å². The second-order valence-electron chi connectivity index (χ2n) is 5.39. The Morgan fingerprint density at radius 2 is 1.85 bits per heavy atom. The monoisotopic (exact) mass is 373 g/mol. The van der Waals surface area contributed by atoms with Gasteiger partial charge in [0.15, 0.2) is 0 Å². The van der Waals surface area contributed by atoms with Crippen LogP contribution in [0.15, 0.2) is 53.4 Å². The Labute approximate surface area is 152 Å². The minimum absolute atomic E-state index is 0.00109. The molecule has 7 nitrogen and oxygen atoms in total. The van der Waals surface area contributed by atoms with Crippen molar-refractivity contribution >= 4 is 21.6 Å². The average molecular weight is 373 g/mol. The topological polar surface area (TPSA) is 108 Å². The molecule has 2 rings (SSSR count). The van der Waals surface area contributed by atoms with Gasteiger partial charge in [-0.25, -0.2) is 8.42 Å². The lowest BCUT2D eigenvalue weighted by molar-refractivity contribution is 0.0948. The van der Waals surface area contributed by atoms with E-state index in [0.717, 1.165) is 0 Å². The molecule has 0 radical (unpaired) electrons. The van der Waals surface area contributed by atoms with Crippen molar-refractivity contribution in [2.45, 2.75) is 11.3 Å². The average Bonchev–Trinajstić information content (AvgIpc) is 2.65. The van der Waals surface area contributed by atoms with Crippen LogP contribution in [0.3, 0.4) is 0 Å². The highest BCUT2D eigenvalue weighted by Gasteiger charge is 2.16. The van der Waals surface area contributed by atoms with E-state index in [2.05, 4.69) is 10.0 Å². The van der Waals surface area contributed by atoms with Crippen molar-refractivity contribution in [2.24, 2.45) is 0 Å². The molecule has 2 aromatic carbocycles. The lowest BCUT2D eigenvalue weighted by atomic mass is 10.2. The molecule has 0 aliphatic rings. The van der Waals surface area contributed by atoms with Gasteiger partial charge >= 0.3 is 0 Å². The SMILES string of the molecule is COCCCNC(=O)c1ccc(S(=O)(=O)Nc2ccccc2C#N)cc1. The van der Waals surface area contributed by atoms with E-state index in [1.807, 2.05) is 6.07 Å². The van der Waals surface area contributed by atoms with Crippen LogP contribution in [0, 0.1) is 11.3 Å². The fourth-order valence-electron chi connectivity index (χ4n) is 2.18. The summed E-state index contributed by atoms with van der Waals surface area (Å²) in [7, 11) is -2.27. The summed E-state index contributed by atoms with van der Waals surface area (Å²) >= 11 is 0. The Kier molecular flexibility index (Phi) is 6.72. The van der Waals surface area contributed by atoms with E-state index in [9.17, 15) is 13.2 Å². The third kappa shape index (κ3) is 5.05. The van der Waals surface area contributed by atoms with Gasteiger partial charge in [-0.15, -0.1) is 0 Å². The molecule has 0 heterocycles. The highest BCUT2D eigenvalue weighted by molar-refractivity contribution is 7.92. The second-order valence-corrected chi connectivity index (χ2v) is 7.07. The van der Waals surface area contributed by atoms with Crippen molar-refractivity contribution in [3.63, 3.8) is 0 Å². The standard InChI is InChI=1S/C18H19N3O4S/c1-25-12-4-11-20-18(22)14-7-9-16(10-8-14)26(23,24)21-17-6-3-2-5-15(17)13-19/h2-3,5-10,21H,4,11-12H2,1H3,(H,20,22). The highest BCUT2D eigenvalue weighted by Crippen LogP contribution is 2.19. The van der Waals surface area contributed by atoms with Gasteiger partial charge in [0, 0.05) is 25.8 Å². The zero-order chi connectivity index (χ0) is 19.0. The van der Waals surface area contributed by atoms with Gasteiger partial charge in [0.1, 0.15) is 6.07 Å². The first kappa shape index (κ1) is 19.4. The molecular weight excluding hydrogens is 354 g/mol. The van der Waals surface area contributed by atoms with Crippen LogP contribution in [0.25, 0.3) is 0 Å². The maximum absolute atomic E-state index is 12.5. The van der Waals surface area contributed by atoms with Gasteiger partial charge < -0.3 is 10.1 Å². The van der Waals surface area contributed by atoms with Crippen molar-refractivity contribution in [3.8, 4) is 6.07 Å². The number of anilines is 1. The quantitative estimate of drug-likeness (QED) is 0.689. The van der Waals surface area contributed by atoms with Crippen molar-refractivity contribution in [2.75, 3.05) is 25.0 Å². The number of methoxy groups -OCH3 is 1. The molecule has 0 bridgehead atoms. The van der Waals surface area contributed by atoms with E-state index < -0.39 is 10.0 Å². The number of sulfonamides is 1. The lowest BCUT2D eigenvalue weighted by Crippen LogP contribution is -2.25. The molecule has 0 aliphatic heterocycles. The van der Waals surface area contributed by atoms with Gasteiger partial charge in [0.25, 0.3) is 15.9 Å². The van der Waals surface area contributed by atoms with E-state index in [1.165, 1.54) is 36.4 Å². The summed E-state index contributed by atoms with van der Waals surface area (Å²) in [6.07, 6.45) is 0.691. The number of benzene rings is 2. The Bertz CT molecular complexity index is 903. The minimum atomic E-state index is -3.86. The molecule has 1 amide bonds.